The van der Waals surface area contributed by atoms with Crippen molar-refractivity contribution in [2.24, 2.45) is 0 Å². The van der Waals surface area contributed by atoms with Crippen molar-refractivity contribution in [1.82, 2.24) is 10.2 Å². The lowest BCUT2D eigenvalue weighted by molar-refractivity contribution is -0.119. The highest BCUT2D eigenvalue weighted by Gasteiger charge is 2.21. The van der Waals surface area contributed by atoms with E-state index in [-0.39, 0.29) is 18.6 Å². The zero-order valence-electron chi connectivity index (χ0n) is 19.1. The molecule has 3 rings (SSSR count). The van der Waals surface area contributed by atoms with Crippen molar-refractivity contribution in [2.45, 2.75) is 45.9 Å². The van der Waals surface area contributed by atoms with Crippen LogP contribution >= 0.6 is 0 Å². The third kappa shape index (κ3) is 7.24. The fraction of sp³-hybridized carbons (Fsp3) is 0.458. The molecule has 1 heterocycles. The summed E-state index contributed by atoms with van der Waals surface area (Å²) in [5.41, 5.74) is 2.63. The van der Waals surface area contributed by atoms with E-state index in [1.54, 1.807) is 24.3 Å². The third-order valence-corrected chi connectivity index (χ3v) is 6.42. The minimum atomic E-state index is -3.65. The molecule has 32 heavy (non-hydrogen) atoms. The second-order valence-electron chi connectivity index (χ2n) is 8.51. The first kappa shape index (κ1) is 24.1. The average molecular weight is 460 g/mol. The topological polar surface area (TPSA) is 79.0 Å². The van der Waals surface area contributed by atoms with Crippen molar-refractivity contribution in [3.63, 3.8) is 0 Å². The SMILES string of the molecule is CC(C)Oc1cccc(N(CC(=O)NCc2ccc(CN3CCCC3)cc2)S(C)(=O)=O)c1. The molecule has 0 unspecified atom stereocenters. The van der Waals surface area contributed by atoms with Crippen LogP contribution in [-0.2, 0) is 27.9 Å². The van der Waals surface area contributed by atoms with Gasteiger partial charge in [0.2, 0.25) is 15.9 Å². The maximum atomic E-state index is 12.6. The summed E-state index contributed by atoms with van der Waals surface area (Å²) in [6.07, 6.45) is 3.59. The van der Waals surface area contributed by atoms with Gasteiger partial charge in [0.1, 0.15) is 12.3 Å². The van der Waals surface area contributed by atoms with Crippen molar-refractivity contribution in [3.8, 4) is 5.75 Å². The summed E-state index contributed by atoms with van der Waals surface area (Å²) in [7, 11) is -3.65. The van der Waals surface area contributed by atoms with Crippen LogP contribution in [0.3, 0.4) is 0 Å². The Morgan fingerprint density at radius 1 is 1.09 bits per heavy atom. The molecule has 0 aromatic heterocycles. The number of sulfonamides is 1. The van der Waals surface area contributed by atoms with Gasteiger partial charge in [0.15, 0.2) is 0 Å². The summed E-state index contributed by atoms with van der Waals surface area (Å²) in [5, 5.41) is 2.82. The monoisotopic (exact) mass is 459 g/mol. The molecule has 7 nitrogen and oxygen atoms in total. The van der Waals surface area contributed by atoms with Crippen molar-refractivity contribution in [2.75, 3.05) is 30.2 Å². The smallest absolute Gasteiger partial charge is 0.241 e. The highest BCUT2D eigenvalue weighted by molar-refractivity contribution is 7.92. The molecule has 0 bridgehead atoms. The molecular formula is C24H33N3O4S. The van der Waals surface area contributed by atoms with Crippen molar-refractivity contribution in [1.29, 1.82) is 0 Å². The van der Waals surface area contributed by atoms with E-state index in [9.17, 15) is 13.2 Å². The Morgan fingerprint density at radius 3 is 2.38 bits per heavy atom. The molecule has 0 spiro atoms. The fourth-order valence-corrected chi connectivity index (χ4v) is 4.58. The Kier molecular flexibility index (Phi) is 8.15. The Bertz CT molecular complexity index is 1000. The van der Waals surface area contributed by atoms with E-state index in [0.29, 0.717) is 18.0 Å². The first-order chi connectivity index (χ1) is 15.2. The van der Waals surface area contributed by atoms with Crippen LogP contribution in [0.2, 0.25) is 0 Å². The van der Waals surface area contributed by atoms with Crippen LogP contribution in [0, 0.1) is 0 Å². The minimum Gasteiger partial charge on any atom is -0.491 e. The van der Waals surface area contributed by atoms with Crippen LogP contribution in [0.4, 0.5) is 5.69 Å². The Hall–Kier alpha value is -2.58. The van der Waals surface area contributed by atoms with Crippen molar-refractivity contribution >= 4 is 21.6 Å². The normalized spacial score (nSPS) is 14.5. The Labute approximate surface area is 191 Å². The van der Waals surface area contributed by atoms with Gasteiger partial charge in [-0.25, -0.2) is 8.42 Å². The third-order valence-electron chi connectivity index (χ3n) is 5.28. The van der Waals surface area contributed by atoms with Gasteiger partial charge in [-0.3, -0.25) is 14.0 Å². The van der Waals surface area contributed by atoms with Gasteiger partial charge >= 0.3 is 0 Å². The van der Waals surface area contributed by atoms with Gasteiger partial charge in [0, 0.05) is 19.2 Å². The predicted molar refractivity (Wildman–Crippen MR) is 127 cm³/mol. The number of nitrogens with zero attached hydrogens (tertiary/aromatic N) is 2. The molecule has 1 saturated heterocycles. The maximum absolute atomic E-state index is 12.6. The lowest BCUT2D eigenvalue weighted by atomic mass is 10.1. The number of likely N-dealkylation sites (tertiary alicyclic amines) is 1. The number of nitrogens with one attached hydrogen (secondary N) is 1. The highest BCUT2D eigenvalue weighted by atomic mass is 32.2. The van der Waals surface area contributed by atoms with E-state index in [1.165, 1.54) is 18.4 Å². The van der Waals surface area contributed by atoms with E-state index in [0.717, 1.165) is 35.8 Å². The quantitative estimate of drug-likeness (QED) is 0.591. The van der Waals surface area contributed by atoms with Crippen molar-refractivity contribution < 1.29 is 17.9 Å². The fourth-order valence-electron chi connectivity index (χ4n) is 3.73. The minimum absolute atomic E-state index is 0.0398. The summed E-state index contributed by atoms with van der Waals surface area (Å²) >= 11 is 0. The van der Waals surface area contributed by atoms with Crippen LogP contribution in [0.25, 0.3) is 0 Å². The van der Waals surface area contributed by atoms with Gasteiger partial charge in [-0.05, 0) is 63.0 Å². The number of ether oxygens (including phenoxy) is 1. The number of carbonyl (C=O) groups excluding carboxylic acids is 1. The second-order valence-corrected chi connectivity index (χ2v) is 10.4. The van der Waals surface area contributed by atoms with Gasteiger partial charge in [-0.2, -0.15) is 0 Å². The molecule has 2 aromatic carbocycles. The standard InChI is InChI=1S/C24H33N3O4S/c1-19(2)31-23-8-6-7-22(15-23)27(32(3,29)30)18-24(28)25-16-20-9-11-21(12-10-20)17-26-13-4-5-14-26/h6-12,15,19H,4-5,13-14,16-18H2,1-3H3,(H,25,28). The summed E-state index contributed by atoms with van der Waals surface area (Å²) in [6, 6.07) is 14.9. The average Bonchev–Trinajstić information content (AvgIpc) is 3.23. The number of carbonyl (C=O) groups is 1. The highest BCUT2D eigenvalue weighted by Crippen LogP contribution is 2.24. The van der Waals surface area contributed by atoms with Crippen LogP contribution < -0.4 is 14.4 Å². The molecular weight excluding hydrogens is 426 g/mol. The zero-order valence-corrected chi connectivity index (χ0v) is 19.9. The number of benzene rings is 2. The summed E-state index contributed by atoms with van der Waals surface area (Å²) < 4.78 is 31.5. The van der Waals surface area contributed by atoms with E-state index in [2.05, 4.69) is 22.3 Å². The molecule has 1 N–H and O–H groups in total. The van der Waals surface area contributed by atoms with Crippen LogP contribution in [-0.4, -0.2) is 51.2 Å². The lowest BCUT2D eigenvalue weighted by Crippen LogP contribution is -2.40. The van der Waals surface area contributed by atoms with Gasteiger partial charge in [-0.15, -0.1) is 0 Å². The number of hydrogen-bond acceptors (Lipinski definition) is 5. The number of anilines is 1. The zero-order chi connectivity index (χ0) is 23.1. The molecule has 1 amide bonds. The molecule has 0 atom stereocenters. The maximum Gasteiger partial charge on any atom is 0.241 e. The van der Waals surface area contributed by atoms with E-state index < -0.39 is 10.0 Å². The van der Waals surface area contributed by atoms with Crippen LogP contribution in [0.1, 0.15) is 37.8 Å². The van der Waals surface area contributed by atoms with E-state index in [1.807, 2.05) is 26.0 Å². The summed E-state index contributed by atoms with van der Waals surface area (Å²) in [6.45, 7) is 7.10. The molecule has 1 aliphatic rings. The molecule has 1 fully saturated rings. The van der Waals surface area contributed by atoms with Gasteiger partial charge < -0.3 is 10.1 Å². The molecule has 2 aromatic rings. The molecule has 0 saturated carbocycles. The molecule has 0 radical (unpaired) electrons. The van der Waals surface area contributed by atoms with Crippen LogP contribution in [0.15, 0.2) is 48.5 Å². The van der Waals surface area contributed by atoms with Gasteiger partial charge in [0.25, 0.3) is 0 Å². The second kappa shape index (κ2) is 10.8. The largest absolute Gasteiger partial charge is 0.491 e. The number of amides is 1. The Morgan fingerprint density at radius 2 is 1.75 bits per heavy atom. The Balaban J connectivity index is 1.58. The van der Waals surface area contributed by atoms with Gasteiger partial charge in [0.05, 0.1) is 18.0 Å². The van der Waals surface area contributed by atoms with Crippen molar-refractivity contribution in [3.05, 3.63) is 59.7 Å². The first-order valence-electron chi connectivity index (χ1n) is 11.0. The molecule has 174 valence electrons. The first-order valence-corrected chi connectivity index (χ1v) is 12.9. The molecule has 1 aliphatic heterocycles. The van der Waals surface area contributed by atoms with E-state index in [4.69, 9.17) is 4.74 Å². The van der Waals surface area contributed by atoms with Crippen LogP contribution in [0.5, 0.6) is 5.75 Å². The van der Waals surface area contributed by atoms with E-state index >= 15 is 0 Å². The molecule has 8 heteroatoms. The summed E-state index contributed by atoms with van der Waals surface area (Å²) in [5.74, 6) is 0.187. The number of hydrogen-bond donors (Lipinski definition) is 1. The lowest BCUT2D eigenvalue weighted by Gasteiger charge is -2.23. The predicted octanol–water partition coefficient (Wildman–Crippen LogP) is 3.15. The molecule has 0 aliphatic carbocycles. The number of rotatable bonds is 10. The summed E-state index contributed by atoms with van der Waals surface area (Å²) in [4.78, 5) is 15.0. The van der Waals surface area contributed by atoms with Gasteiger partial charge in [-0.1, -0.05) is 30.3 Å².